The van der Waals surface area contributed by atoms with Crippen LogP contribution in [-0.4, -0.2) is 36.6 Å². The number of carbonyl (C=O) groups excluding carboxylic acids is 1. The van der Waals surface area contributed by atoms with Gasteiger partial charge in [0.25, 0.3) is 0 Å². The summed E-state index contributed by atoms with van der Waals surface area (Å²) in [4.78, 5) is 14.3. The van der Waals surface area contributed by atoms with E-state index in [9.17, 15) is 4.79 Å². The minimum Gasteiger partial charge on any atom is -0.376 e. The van der Waals surface area contributed by atoms with Crippen LogP contribution in [0.2, 0.25) is 0 Å². The first-order chi connectivity index (χ1) is 9.70. The molecule has 0 aromatic heterocycles. The number of hydrogen-bond donors (Lipinski definition) is 1. The van der Waals surface area contributed by atoms with Crippen molar-refractivity contribution in [1.29, 1.82) is 0 Å². The molecule has 1 aromatic carbocycles. The summed E-state index contributed by atoms with van der Waals surface area (Å²) in [6.07, 6.45) is 2.30. The molecule has 2 N–H and O–H groups in total. The molecule has 2 atom stereocenters. The third kappa shape index (κ3) is 4.05. The fourth-order valence-electron chi connectivity index (χ4n) is 2.48. The second kappa shape index (κ2) is 7.41. The molecular weight excluding hydrogens is 252 g/mol. The molecule has 20 heavy (non-hydrogen) atoms. The first kappa shape index (κ1) is 15.0. The van der Waals surface area contributed by atoms with Gasteiger partial charge >= 0.3 is 0 Å². The van der Waals surface area contributed by atoms with Crippen molar-refractivity contribution in [2.45, 2.75) is 32.4 Å². The summed E-state index contributed by atoms with van der Waals surface area (Å²) >= 11 is 0. The van der Waals surface area contributed by atoms with Crippen LogP contribution in [-0.2, 0) is 16.1 Å². The molecule has 0 saturated carbocycles. The van der Waals surface area contributed by atoms with Crippen LogP contribution in [0.3, 0.4) is 0 Å². The van der Waals surface area contributed by atoms with Gasteiger partial charge in [0.15, 0.2) is 0 Å². The molecule has 1 aromatic rings. The predicted octanol–water partition coefficient (Wildman–Crippen LogP) is 1.79. The molecule has 0 bridgehead atoms. The van der Waals surface area contributed by atoms with E-state index >= 15 is 0 Å². The van der Waals surface area contributed by atoms with E-state index in [4.69, 9.17) is 10.5 Å². The zero-order valence-corrected chi connectivity index (χ0v) is 12.1. The number of benzene rings is 1. The Labute approximate surface area is 120 Å². The monoisotopic (exact) mass is 276 g/mol. The van der Waals surface area contributed by atoms with Crippen molar-refractivity contribution in [3.05, 3.63) is 35.9 Å². The summed E-state index contributed by atoms with van der Waals surface area (Å²) in [6.45, 7) is 4.37. The van der Waals surface area contributed by atoms with Gasteiger partial charge in [0.2, 0.25) is 5.91 Å². The Bertz CT molecular complexity index is 416. The summed E-state index contributed by atoms with van der Waals surface area (Å²) in [5, 5.41) is 0. The first-order valence-electron chi connectivity index (χ1n) is 7.35. The molecule has 2 unspecified atom stereocenters. The van der Waals surface area contributed by atoms with Crippen LogP contribution in [0.1, 0.15) is 25.3 Å². The summed E-state index contributed by atoms with van der Waals surface area (Å²) in [7, 11) is 0. The van der Waals surface area contributed by atoms with Crippen molar-refractivity contribution in [1.82, 2.24) is 4.90 Å². The highest BCUT2D eigenvalue weighted by atomic mass is 16.5. The fourth-order valence-corrected chi connectivity index (χ4v) is 2.48. The molecule has 110 valence electrons. The molecule has 0 radical (unpaired) electrons. The molecule has 2 rings (SSSR count). The van der Waals surface area contributed by atoms with Crippen LogP contribution >= 0.6 is 0 Å². The Kier molecular flexibility index (Phi) is 5.56. The van der Waals surface area contributed by atoms with E-state index in [1.165, 1.54) is 0 Å². The molecule has 1 amide bonds. The van der Waals surface area contributed by atoms with Crippen molar-refractivity contribution >= 4 is 5.91 Å². The van der Waals surface area contributed by atoms with Crippen LogP contribution in [0.5, 0.6) is 0 Å². The van der Waals surface area contributed by atoms with Crippen LogP contribution in [0.15, 0.2) is 30.3 Å². The largest absolute Gasteiger partial charge is 0.376 e. The van der Waals surface area contributed by atoms with Gasteiger partial charge in [-0.05, 0) is 18.4 Å². The lowest BCUT2D eigenvalue weighted by Crippen LogP contribution is -2.41. The molecule has 1 aliphatic rings. The van der Waals surface area contributed by atoms with Crippen molar-refractivity contribution in [2.24, 2.45) is 11.7 Å². The topological polar surface area (TPSA) is 55.6 Å². The average Bonchev–Trinajstić information content (AvgIpc) is 2.99. The predicted molar refractivity (Wildman–Crippen MR) is 79.1 cm³/mol. The van der Waals surface area contributed by atoms with Crippen LogP contribution < -0.4 is 5.73 Å². The highest BCUT2D eigenvalue weighted by Crippen LogP contribution is 2.16. The van der Waals surface area contributed by atoms with Crippen LogP contribution in [0.4, 0.5) is 0 Å². The number of amides is 1. The molecule has 1 aliphatic heterocycles. The second-order valence-electron chi connectivity index (χ2n) is 5.48. The van der Waals surface area contributed by atoms with E-state index in [1.54, 1.807) is 0 Å². The Hall–Kier alpha value is -1.39. The van der Waals surface area contributed by atoms with Gasteiger partial charge in [-0.3, -0.25) is 4.79 Å². The van der Waals surface area contributed by atoms with Crippen LogP contribution in [0, 0.1) is 5.92 Å². The standard InChI is InChI=1S/C16H24N2O2/c1-13(10-17)16(19)18(12-15-8-5-9-20-15)11-14-6-3-2-4-7-14/h2-4,6-7,13,15H,5,8-12,17H2,1H3. The van der Waals surface area contributed by atoms with E-state index in [-0.39, 0.29) is 17.9 Å². The molecule has 1 saturated heterocycles. The Morgan fingerprint density at radius 3 is 2.80 bits per heavy atom. The number of nitrogens with zero attached hydrogens (tertiary/aromatic N) is 1. The Balaban J connectivity index is 2.04. The number of ether oxygens (including phenoxy) is 1. The van der Waals surface area contributed by atoms with Crippen molar-refractivity contribution in [3.63, 3.8) is 0 Å². The molecule has 1 fully saturated rings. The lowest BCUT2D eigenvalue weighted by Gasteiger charge is -2.28. The lowest BCUT2D eigenvalue weighted by molar-refractivity contribution is -0.137. The van der Waals surface area contributed by atoms with Crippen molar-refractivity contribution in [3.8, 4) is 0 Å². The molecule has 4 nitrogen and oxygen atoms in total. The van der Waals surface area contributed by atoms with E-state index < -0.39 is 0 Å². The maximum absolute atomic E-state index is 12.5. The van der Waals surface area contributed by atoms with Crippen molar-refractivity contribution < 1.29 is 9.53 Å². The second-order valence-corrected chi connectivity index (χ2v) is 5.48. The number of carbonyl (C=O) groups is 1. The van der Waals surface area contributed by atoms with E-state index in [0.29, 0.717) is 19.6 Å². The van der Waals surface area contributed by atoms with Gasteiger partial charge in [0.05, 0.1) is 6.10 Å². The Morgan fingerprint density at radius 1 is 1.45 bits per heavy atom. The van der Waals surface area contributed by atoms with Gasteiger partial charge < -0.3 is 15.4 Å². The maximum Gasteiger partial charge on any atom is 0.227 e. The number of hydrogen-bond acceptors (Lipinski definition) is 3. The van der Waals surface area contributed by atoms with Gasteiger partial charge in [-0.2, -0.15) is 0 Å². The van der Waals surface area contributed by atoms with Gasteiger partial charge in [0.1, 0.15) is 0 Å². The number of rotatable bonds is 6. The quantitative estimate of drug-likeness (QED) is 0.862. The van der Waals surface area contributed by atoms with E-state index in [1.807, 2.05) is 42.2 Å². The Morgan fingerprint density at radius 2 is 2.20 bits per heavy atom. The van der Waals surface area contributed by atoms with E-state index in [2.05, 4.69) is 0 Å². The summed E-state index contributed by atoms with van der Waals surface area (Å²) < 4.78 is 5.66. The molecule has 1 heterocycles. The zero-order valence-electron chi connectivity index (χ0n) is 12.1. The van der Waals surface area contributed by atoms with Gasteiger partial charge in [-0.1, -0.05) is 37.3 Å². The minimum atomic E-state index is -0.139. The summed E-state index contributed by atoms with van der Waals surface area (Å²) in [6, 6.07) is 10.1. The molecular formula is C16H24N2O2. The number of nitrogens with two attached hydrogens (primary N) is 1. The van der Waals surface area contributed by atoms with Crippen LogP contribution in [0.25, 0.3) is 0 Å². The fraction of sp³-hybridized carbons (Fsp3) is 0.562. The zero-order chi connectivity index (χ0) is 14.4. The maximum atomic E-state index is 12.5. The highest BCUT2D eigenvalue weighted by Gasteiger charge is 2.25. The first-order valence-corrected chi connectivity index (χ1v) is 7.35. The van der Waals surface area contributed by atoms with E-state index in [0.717, 1.165) is 25.0 Å². The normalized spacial score (nSPS) is 19.8. The van der Waals surface area contributed by atoms with Crippen molar-refractivity contribution in [2.75, 3.05) is 19.7 Å². The third-order valence-electron chi connectivity index (χ3n) is 3.75. The van der Waals surface area contributed by atoms with Gasteiger partial charge in [-0.25, -0.2) is 0 Å². The van der Waals surface area contributed by atoms with Gasteiger partial charge in [-0.15, -0.1) is 0 Å². The molecule has 4 heteroatoms. The highest BCUT2D eigenvalue weighted by molar-refractivity contribution is 5.78. The van der Waals surface area contributed by atoms with Gasteiger partial charge in [0, 0.05) is 32.2 Å². The average molecular weight is 276 g/mol. The molecule has 0 aliphatic carbocycles. The SMILES string of the molecule is CC(CN)C(=O)N(Cc1ccccc1)CC1CCCO1. The summed E-state index contributed by atoms with van der Waals surface area (Å²) in [5.41, 5.74) is 6.78. The third-order valence-corrected chi connectivity index (χ3v) is 3.75. The smallest absolute Gasteiger partial charge is 0.227 e. The lowest BCUT2D eigenvalue weighted by atomic mass is 10.1. The molecule has 0 spiro atoms. The summed E-state index contributed by atoms with van der Waals surface area (Å²) in [5.74, 6) is -0.0213. The minimum absolute atomic E-state index is 0.117.